The summed E-state index contributed by atoms with van der Waals surface area (Å²) in [5, 5.41) is 0. The highest BCUT2D eigenvalue weighted by atomic mass is 16.6. The van der Waals surface area contributed by atoms with Gasteiger partial charge in [-0.1, -0.05) is 12.1 Å². The molecule has 0 saturated heterocycles. The molecule has 21 heavy (non-hydrogen) atoms. The average Bonchev–Trinajstić information content (AvgIpc) is 2.90. The Hall–Kier alpha value is -2.69. The molecule has 5 nitrogen and oxygen atoms in total. The highest BCUT2D eigenvalue weighted by Gasteiger charge is 2.16. The molecule has 106 valence electrons. The molecule has 3 N–H and O–H groups in total. The summed E-state index contributed by atoms with van der Waals surface area (Å²) in [7, 11) is 0. The first-order valence-corrected chi connectivity index (χ1v) is 6.87. The van der Waals surface area contributed by atoms with Gasteiger partial charge in [-0.2, -0.15) is 0 Å². The Morgan fingerprint density at radius 1 is 1.14 bits per heavy atom. The fourth-order valence-corrected chi connectivity index (χ4v) is 2.58. The van der Waals surface area contributed by atoms with Gasteiger partial charge < -0.3 is 20.2 Å². The van der Waals surface area contributed by atoms with Crippen molar-refractivity contribution in [2.75, 3.05) is 18.9 Å². The van der Waals surface area contributed by atoms with Crippen LogP contribution in [0.2, 0.25) is 0 Å². The van der Waals surface area contributed by atoms with Gasteiger partial charge in [0.05, 0.1) is 11.0 Å². The molecule has 2 heterocycles. The van der Waals surface area contributed by atoms with Crippen molar-refractivity contribution in [1.29, 1.82) is 0 Å². The number of aromatic nitrogens is 2. The minimum absolute atomic E-state index is 0.574. The Labute approximate surface area is 121 Å². The zero-order chi connectivity index (χ0) is 14.4. The zero-order valence-electron chi connectivity index (χ0n) is 11.6. The van der Waals surface area contributed by atoms with Crippen LogP contribution in [0.1, 0.15) is 5.56 Å². The average molecular weight is 281 g/mol. The quantitative estimate of drug-likeness (QED) is 0.673. The third-order valence-electron chi connectivity index (χ3n) is 3.78. The second-order valence-corrected chi connectivity index (χ2v) is 5.12. The van der Waals surface area contributed by atoms with Crippen LogP contribution in [-0.2, 0) is 0 Å². The molecule has 5 heteroatoms. The summed E-state index contributed by atoms with van der Waals surface area (Å²) in [6, 6.07) is 9.67. The molecule has 0 amide bonds. The van der Waals surface area contributed by atoms with Crippen molar-refractivity contribution in [3.63, 3.8) is 0 Å². The van der Waals surface area contributed by atoms with Crippen molar-refractivity contribution in [2.45, 2.75) is 6.92 Å². The lowest BCUT2D eigenvalue weighted by Crippen LogP contribution is -2.15. The van der Waals surface area contributed by atoms with Crippen molar-refractivity contribution in [2.24, 2.45) is 0 Å². The van der Waals surface area contributed by atoms with Gasteiger partial charge in [-0.05, 0) is 18.6 Å². The summed E-state index contributed by atoms with van der Waals surface area (Å²) in [5.74, 6) is 2.31. The van der Waals surface area contributed by atoms with Crippen molar-refractivity contribution in [3.05, 3.63) is 35.9 Å². The van der Waals surface area contributed by atoms with E-state index in [2.05, 4.69) is 9.97 Å². The molecule has 0 atom stereocenters. The number of rotatable bonds is 1. The van der Waals surface area contributed by atoms with Gasteiger partial charge in [0, 0.05) is 23.4 Å². The predicted octanol–water partition coefficient (Wildman–Crippen LogP) is 2.89. The first-order valence-electron chi connectivity index (χ1n) is 6.87. The molecule has 0 fully saturated rings. The first-order chi connectivity index (χ1) is 10.2. The van der Waals surface area contributed by atoms with Gasteiger partial charge in [-0.25, -0.2) is 4.98 Å². The minimum atomic E-state index is 0.574. The van der Waals surface area contributed by atoms with Crippen LogP contribution in [0.4, 0.5) is 5.69 Å². The molecule has 0 bridgehead atoms. The number of imidazole rings is 1. The SMILES string of the molecule is Cc1c(N)cccc1-c1nc2cc3c(cc2[nH]1)OCCO3. The smallest absolute Gasteiger partial charge is 0.163 e. The summed E-state index contributed by atoms with van der Waals surface area (Å²) in [5.41, 5.74) is 10.5. The van der Waals surface area contributed by atoms with E-state index in [0.717, 1.165) is 45.2 Å². The topological polar surface area (TPSA) is 73.2 Å². The Balaban J connectivity index is 1.89. The van der Waals surface area contributed by atoms with Gasteiger partial charge in [0.25, 0.3) is 0 Å². The van der Waals surface area contributed by atoms with Gasteiger partial charge in [0.2, 0.25) is 0 Å². The molecule has 1 aliphatic rings. The van der Waals surface area contributed by atoms with E-state index in [-0.39, 0.29) is 0 Å². The molecule has 1 aliphatic heterocycles. The molecule has 2 aromatic carbocycles. The number of H-pyrrole nitrogens is 1. The normalized spacial score (nSPS) is 13.6. The number of hydrogen-bond acceptors (Lipinski definition) is 4. The number of nitrogens with one attached hydrogen (secondary N) is 1. The molecular formula is C16H15N3O2. The molecule has 3 aromatic rings. The molecule has 4 rings (SSSR count). The van der Waals surface area contributed by atoms with Gasteiger partial charge in [-0.15, -0.1) is 0 Å². The van der Waals surface area contributed by atoms with E-state index in [4.69, 9.17) is 15.2 Å². The van der Waals surface area contributed by atoms with Gasteiger partial charge >= 0.3 is 0 Å². The molecule has 1 aromatic heterocycles. The lowest BCUT2D eigenvalue weighted by atomic mass is 10.1. The molecule has 0 unspecified atom stereocenters. The molecule has 0 aliphatic carbocycles. The van der Waals surface area contributed by atoms with Crippen LogP contribution >= 0.6 is 0 Å². The van der Waals surface area contributed by atoms with E-state index in [9.17, 15) is 0 Å². The number of fused-ring (bicyclic) bond motifs is 2. The van der Waals surface area contributed by atoms with E-state index in [1.807, 2.05) is 37.3 Å². The van der Waals surface area contributed by atoms with Crippen LogP contribution < -0.4 is 15.2 Å². The first kappa shape index (κ1) is 12.1. The van der Waals surface area contributed by atoms with E-state index in [1.165, 1.54) is 0 Å². The number of aromatic amines is 1. The Morgan fingerprint density at radius 3 is 2.71 bits per heavy atom. The maximum atomic E-state index is 5.97. The highest BCUT2D eigenvalue weighted by molar-refractivity contribution is 5.84. The predicted molar refractivity (Wildman–Crippen MR) is 81.7 cm³/mol. The number of nitrogens with zero attached hydrogens (tertiary/aromatic N) is 1. The standard InChI is InChI=1S/C16H15N3O2/c1-9-10(3-2-4-11(9)17)16-18-12-7-14-15(8-13(12)19-16)21-6-5-20-14/h2-4,7-8H,5-6,17H2,1H3,(H,18,19). The summed E-state index contributed by atoms with van der Waals surface area (Å²) in [6.45, 7) is 3.15. The summed E-state index contributed by atoms with van der Waals surface area (Å²) in [6.07, 6.45) is 0. The monoisotopic (exact) mass is 281 g/mol. The van der Waals surface area contributed by atoms with Gasteiger partial charge in [-0.3, -0.25) is 0 Å². The molecule has 0 radical (unpaired) electrons. The van der Waals surface area contributed by atoms with E-state index in [1.54, 1.807) is 0 Å². The van der Waals surface area contributed by atoms with Crippen molar-refractivity contribution in [3.8, 4) is 22.9 Å². The second kappa shape index (κ2) is 4.41. The van der Waals surface area contributed by atoms with E-state index < -0.39 is 0 Å². The lowest BCUT2D eigenvalue weighted by Gasteiger charge is -2.17. The largest absolute Gasteiger partial charge is 0.486 e. The molecule has 0 saturated carbocycles. The van der Waals surface area contributed by atoms with Gasteiger partial charge in [0.15, 0.2) is 11.5 Å². The highest BCUT2D eigenvalue weighted by Crippen LogP contribution is 2.35. The summed E-state index contributed by atoms with van der Waals surface area (Å²) >= 11 is 0. The third kappa shape index (κ3) is 1.89. The minimum Gasteiger partial charge on any atom is -0.486 e. The van der Waals surface area contributed by atoms with Crippen molar-refractivity contribution in [1.82, 2.24) is 9.97 Å². The maximum Gasteiger partial charge on any atom is 0.163 e. The lowest BCUT2D eigenvalue weighted by molar-refractivity contribution is 0.172. The van der Waals surface area contributed by atoms with Crippen LogP contribution in [0, 0.1) is 6.92 Å². The fourth-order valence-electron chi connectivity index (χ4n) is 2.58. The second-order valence-electron chi connectivity index (χ2n) is 5.12. The van der Waals surface area contributed by atoms with E-state index in [0.29, 0.717) is 13.2 Å². The van der Waals surface area contributed by atoms with Crippen LogP contribution in [0.25, 0.3) is 22.4 Å². The van der Waals surface area contributed by atoms with Crippen LogP contribution in [0.15, 0.2) is 30.3 Å². The van der Waals surface area contributed by atoms with Crippen LogP contribution in [-0.4, -0.2) is 23.2 Å². The number of anilines is 1. The number of hydrogen-bond donors (Lipinski definition) is 2. The van der Waals surface area contributed by atoms with E-state index >= 15 is 0 Å². The number of benzene rings is 2. The van der Waals surface area contributed by atoms with Gasteiger partial charge in [0.1, 0.15) is 19.0 Å². The van der Waals surface area contributed by atoms with Crippen molar-refractivity contribution < 1.29 is 9.47 Å². The molecule has 0 spiro atoms. The van der Waals surface area contributed by atoms with Crippen molar-refractivity contribution >= 4 is 16.7 Å². The Morgan fingerprint density at radius 2 is 1.90 bits per heavy atom. The Kier molecular flexibility index (Phi) is 2.54. The summed E-state index contributed by atoms with van der Waals surface area (Å²) in [4.78, 5) is 7.97. The number of nitrogens with two attached hydrogens (primary N) is 1. The Bertz CT molecular complexity index is 796. The zero-order valence-corrected chi connectivity index (χ0v) is 11.6. The maximum absolute atomic E-state index is 5.97. The molecular weight excluding hydrogens is 266 g/mol. The number of ether oxygens (including phenoxy) is 2. The van der Waals surface area contributed by atoms with Crippen LogP contribution in [0.3, 0.4) is 0 Å². The van der Waals surface area contributed by atoms with Crippen LogP contribution in [0.5, 0.6) is 11.5 Å². The summed E-state index contributed by atoms with van der Waals surface area (Å²) < 4.78 is 11.2. The number of nitrogen functional groups attached to an aromatic ring is 1. The fraction of sp³-hybridized carbons (Fsp3) is 0.188. The third-order valence-corrected chi connectivity index (χ3v) is 3.78.